The first-order valence-corrected chi connectivity index (χ1v) is 5.37. The Morgan fingerprint density at radius 1 is 1.47 bits per heavy atom. The van der Waals surface area contributed by atoms with Crippen LogP contribution >= 0.6 is 27.5 Å². The fourth-order valence-corrected chi connectivity index (χ4v) is 1.52. The molecule has 0 N–H and O–H groups in total. The van der Waals surface area contributed by atoms with Crippen molar-refractivity contribution in [1.29, 1.82) is 0 Å². The molecule has 6 heteroatoms. The second-order valence-electron chi connectivity index (χ2n) is 2.77. The number of nitrogens with zero attached hydrogens (tertiary/aromatic N) is 2. The normalized spacial score (nSPS) is 10.6. The van der Waals surface area contributed by atoms with E-state index in [1.165, 1.54) is 6.07 Å². The van der Waals surface area contributed by atoms with Crippen LogP contribution in [0.4, 0.5) is 4.39 Å². The van der Waals surface area contributed by atoms with Gasteiger partial charge in [0.05, 0.1) is 11.4 Å². The smallest absolute Gasteiger partial charge is 0.260 e. The zero-order valence-corrected chi connectivity index (χ0v) is 9.72. The third-order valence-corrected chi connectivity index (χ3v) is 2.48. The number of alkyl halides is 1. The maximum Gasteiger partial charge on any atom is 0.260 e. The Morgan fingerprint density at radius 3 is 2.87 bits per heavy atom. The number of halogens is 3. The summed E-state index contributed by atoms with van der Waals surface area (Å²) in [7, 11) is 0. The van der Waals surface area contributed by atoms with E-state index >= 15 is 0 Å². The molecule has 0 amide bonds. The SMILES string of the molecule is Fc1cc(Br)ccc1-c1nc(CCl)no1. The van der Waals surface area contributed by atoms with Crippen molar-refractivity contribution in [3.05, 3.63) is 34.3 Å². The average Bonchev–Trinajstić information content (AvgIpc) is 2.66. The van der Waals surface area contributed by atoms with Crippen LogP contribution in [0.1, 0.15) is 5.82 Å². The molecule has 0 aliphatic heterocycles. The van der Waals surface area contributed by atoms with Crippen LogP contribution in [0.15, 0.2) is 27.2 Å². The van der Waals surface area contributed by atoms with E-state index in [9.17, 15) is 4.39 Å². The third-order valence-electron chi connectivity index (χ3n) is 1.75. The number of benzene rings is 1. The molecule has 0 bridgehead atoms. The molecule has 0 atom stereocenters. The average molecular weight is 292 g/mol. The van der Waals surface area contributed by atoms with E-state index in [2.05, 4.69) is 26.1 Å². The zero-order valence-electron chi connectivity index (χ0n) is 7.38. The molecule has 0 saturated heterocycles. The Morgan fingerprint density at radius 2 is 2.27 bits per heavy atom. The minimum Gasteiger partial charge on any atom is -0.334 e. The fourth-order valence-electron chi connectivity index (χ4n) is 1.08. The van der Waals surface area contributed by atoms with E-state index in [0.29, 0.717) is 10.3 Å². The van der Waals surface area contributed by atoms with Crippen LogP contribution in [-0.2, 0) is 5.88 Å². The van der Waals surface area contributed by atoms with E-state index in [0.717, 1.165) is 0 Å². The molecule has 78 valence electrons. The zero-order chi connectivity index (χ0) is 10.8. The van der Waals surface area contributed by atoms with Gasteiger partial charge in [0.1, 0.15) is 5.82 Å². The van der Waals surface area contributed by atoms with Crippen LogP contribution in [-0.4, -0.2) is 10.1 Å². The fraction of sp³-hybridized carbons (Fsp3) is 0.111. The summed E-state index contributed by atoms with van der Waals surface area (Å²) in [5, 5.41) is 3.58. The molecule has 0 fully saturated rings. The molecule has 0 aliphatic carbocycles. The largest absolute Gasteiger partial charge is 0.334 e. The van der Waals surface area contributed by atoms with Gasteiger partial charge in [0.25, 0.3) is 5.89 Å². The summed E-state index contributed by atoms with van der Waals surface area (Å²) in [4.78, 5) is 3.92. The third kappa shape index (κ3) is 2.18. The van der Waals surface area contributed by atoms with Crippen LogP contribution in [0.3, 0.4) is 0 Å². The molecule has 15 heavy (non-hydrogen) atoms. The van der Waals surface area contributed by atoms with Gasteiger partial charge in [0.15, 0.2) is 5.82 Å². The Labute approximate surface area is 98.4 Å². The Balaban J connectivity index is 2.44. The summed E-state index contributed by atoms with van der Waals surface area (Å²) in [5.41, 5.74) is 0.266. The highest BCUT2D eigenvalue weighted by molar-refractivity contribution is 9.10. The monoisotopic (exact) mass is 290 g/mol. The molecule has 0 aliphatic rings. The van der Waals surface area contributed by atoms with Crippen LogP contribution in [0, 0.1) is 5.82 Å². The van der Waals surface area contributed by atoms with Gasteiger partial charge < -0.3 is 4.52 Å². The van der Waals surface area contributed by atoms with Gasteiger partial charge >= 0.3 is 0 Å². The lowest BCUT2D eigenvalue weighted by Crippen LogP contribution is -1.85. The van der Waals surface area contributed by atoms with Gasteiger partial charge in [-0.1, -0.05) is 21.1 Å². The summed E-state index contributed by atoms with van der Waals surface area (Å²) < 4.78 is 19.0. The highest BCUT2D eigenvalue weighted by Crippen LogP contribution is 2.24. The van der Waals surface area contributed by atoms with Gasteiger partial charge in [0, 0.05) is 4.47 Å². The predicted molar refractivity (Wildman–Crippen MR) is 56.9 cm³/mol. The minimum atomic E-state index is -0.422. The van der Waals surface area contributed by atoms with Crippen molar-refractivity contribution in [2.24, 2.45) is 0 Å². The molecule has 0 unspecified atom stereocenters. The van der Waals surface area contributed by atoms with Gasteiger partial charge in [-0.05, 0) is 18.2 Å². The summed E-state index contributed by atoms with van der Waals surface area (Å²) in [6.45, 7) is 0. The molecule has 1 aromatic heterocycles. The van der Waals surface area contributed by atoms with Gasteiger partial charge in [0.2, 0.25) is 0 Å². The lowest BCUT2D eigenvalue weighted by atomic mass is 10.2. The van der Waals surface area contributed by atoms with Crippen molar-refractivity contribution >= 4 is 27.5 Å². The second-order valence-corrected chi connectivity index (χ2v) is 3.96. The Bertz CT molecular complexity index is 489. The van der Waals surface area contributed by atoms with Crippen molar-refractivity contribution in [3.63, 3.8) is 0 Å². The van der Waals surface area contributed by atoms with Gasteiger partial charge in [-0.15, -0.1) is 11.6 Å². The quantitative estimate of drug-likeness (QED) is 0.796. The van der Waals surface area contributed by atoms with E-state index < -0.39 is 5.82 Å². The molecule has 2 aromatic rings. The van der Waals surface area contributed by atoms with E-state index in [1.807, 2.05) is 0 Å². The first kappa shape index (κ1) is 10.6. The highest BCUT2D eigenvalue weighted by Gasteiger charge is 2.12. The summed E-state index contributed by atoms with van der Waals surface area (Å²) in [5.74, 6) is 0.195. The van der Waals surface area contributed by atoms with E-state index in [4.69, 9.17) is 16.1 Å². The standard InChI is InChI=1S/C9H5BrClFN2O/c10-5-1-2-6(7(12)3-5)9-13-8(4-11)14-15-9/h1-3H,4H2. The van der Waals surface area contributed by atoms with Crippen molar-refractivity contribution in [1.82, 2.24) is 10.1 Å². The highest BCUT2D eigenvalue weighted by atomic mass is 79.9. The van der Waals surface area contributed by atoms with E-state index in [-0.39, 0.29) is 17.3 Å². The van der Waals surface area contributed by atoms with Crippen LogP contribution < -0.4 is 0 Å². The second kappa shape index (κ2) is 4.28. The van der Waals surface area contributed by atoms with Crippen molar-refractivity contribution in [2.45, 2.75) is 5.88 Å². The van der Waals surface area contributed by atoms with Gasteiger partial charge in [-0.2, -0.15) is 4.98 Å². The number of rotatable bonds is 2. The first-order valence-electron chi connectivity index (χ1n) is 4.04. The lowest BCUT2D eigenvalue weighted by Gasteiger charge is -1.96. The molecular weight excluding hydrogens is 286 g/mol. The number of hydrogen-bond acceptors (Lipinski definition) is 3. The van der Waals surface area contributed by atoms with Gasteiger partial charge in [-0.25, -0.2) is 4.39 Å². The van der Waals surface area contributed by atoms with Gasteiger partial charge in [-0.3, -0.25) is 0 Å². The maximum absolute atomic E-state index is 13.5. The lowest BCUT2D eigenvalue weighted by molar-refractivity contribution is 0.422. The summed E-state index contributed by atoms with van der Waals surface area (Å²) in [6, 6.07) is 4.59. The molecule has 3 nitrogen and oxygen atoms in total. The molecule has 0 radical (unpaired) electrons. The molecular formula is C9H5BrClFN2O. The summed E-state index contributed by atoms with van der Waals surface area (Å²) in [6.07, 6.45) is 0. The van der Waals surface area contributed by atoms with Crippen molar-refractivity contribution in [2.75, 3.05) is 0 Å². The first-order chi connectivity index (χ1) is 7.20. The van der Waals surface area contributed by atoms with Crippen LogP contribution in [0.5, 0.6) is 0 Å². The molecule has 0 spiro atoms. The Hall–Kier alpha value is -0.940. The predicted octanol–water partition coefficient (Wildman–Crippen LogP) is 3.38. The van der Waals surface area contributed by atoms with Crippen molar-refractivity contribution in [3.8, 4) is 11.5 Å². The van der Waals surface area contributed by atoms with Crippen LogP contribution in [0.2, 0.25) is 0 Å². The summed E-state index contributed by atoms with van der Waals surface area (Å²) >= 11 is 8.67. The van der Waals surface area contributed by atoms with E-state index in [1.54, 1.807) is 12.1 Å². The molecule has 1 aromatic carbocycles. The maximum atomic E-state index is 13.5. The Kier molecular flexibility index (Phi) is 3.02. The molecule has 2 rings (SSSR count). The minimum absolute atomic E-state index is 0.135. The topological polar surface area (TPSA) is 38.9 Å². The van der Waals surface area contributed by atoms with Crippen LogP contribution in [0.25, 0.3) is 11.5 Å². The molecule has 0 saturated carbocycles. The number of hydrogen-bond donors (Lipinski definition) is 0. The van der Waals surface area contributed by atoms with Crippen molar-refractivity contribution < 1.29 is 8.91 Å². The molecule has 1 heterocycles. The number of aromatic nitrogens is 2.